The highest BCUT2D eigenvalue weighted by atomic mass is 16.3. The van der Waals surface area contributed by atoms with Gasteiger partial charge in [0.05, 0.1) is 11.7 Å². The van der Waals surface area contributed by atoms with Gasteiger partial charge in [0, 0.05) is 12.0 Å². The molecule has 158 valence electrons. The van der Waals surface area contributed by atoms with Crippen LogP contribution < -0.4 is 5.73 Å². The van der Waals surface area contributed by atoms with Gasteiger partial charge >= 0.3 is 0 Å². The minimum absolute atomic E-state index is 0.0138. The van der Waals surface area contributed by atoms with Crippen LogP contribution in [-0.4, -0.2) is 16.7 Å². The summed E-state index contributed by atoms with van der Waals surface area (Å²) in [5.41, 5.74) is 6.43. The Morgan fingerprint density at radius 1 is 1.07 bits per heavy atom. The molecule has 0 aromatic heterocycles. The third-order valence-electron chi connectivity index (χ3n) is 10.3. The number of aliphatic hydroxyl groups is 1. The first-order chi connectivity index (χ1) is 13.2. The topological polar surface area (TPSA) is 70.0 Å². The maximum absolute atomic E-state index is 11.8. The van der Waals surface area contributed by atoms with Crippen molar-refractivity contribution in [3.8, 4) is 6.07 Å². The predicted molar refractivity (Wildman–Crippen MR) is 113 cm³/mol. The lowest BCUT2D eigenvalue weighted by Crippen LogP contribution is -2.64. The van der Waals surface area contributed by atoms with E-state index in [4.69, 9.17) is 5.73 Å². The zero-order chi connectivity index (χ0) is 20.5. The second kappa shape index (κ2) is 6.71. The summed E-state index contributed by atoms with van der Waals surface area (Å²) < 4.78 is 0. The van der Waals surface area contributed by atoms with E-state index < -0.39 is 5.60 Å². The molecular weight excluding hydrogens is 344 g/mol. The van der Waals surface area contributed by atoms with Crippen LogP contribution in [0.25, 0.3) is 0 Å². The Labute approximate surface area is 172 Å². The Hall–Kier alpha value is -0.590. The summed E-state index contributed by atoms with van der Waals surface area (Å²) >= 11 is 0. The maximum Gasteiger partial charge on any atom is 0.0747 e. The molecule has 11 unspecified atom stereocenters. The van der Waals surface area contributed by atoms with Gasteiger partial charge in [0.1, 0.15) is 0 Å². The molecule has 0 aromatic rings. The Morgan fingerprint density at radius 3 is 2.39 bits per heavy atom. The molecule has 0 aromatic carbocycles. The van der Waals surface area contributed by atoms with Crippen LogP contribution in [0.4, 0.5) is 0 Å². The highest BCUT2D eigenvalue weighted by Gasteiger charge is 2.74. The van der Waals surface area contributed by atoms with Gasteiger partial charge in [-0.25, -0.2) is 0 Å². The molecule has 5 aliphatic rings. The predicted octanol–water partition coefficient (Wildman–Crippen LogP) is 5.13. The van der Waals surface area contributed by atoms with Crippen molar-refractivity contribution in [2.24, 2.45) is 58.0 Å². The molecule has 3 N–H and O–H groups in total. The number of nitriles is 1. The minimum Gasteiger partial charge on any atom is -0.389 e. The van der Waals surface area contributed by atoms with Gasteiger partial charge in [-0.1, -0.05) is 41.0 Å². The molecular formula is C25H42N2O. The van der Waals surface area contributed by atoms with Crippen molar-refractivity contribution in [1.82, 2.24) is 0 Å². The van der Waals surface area contributed by atoms with Gasteiger partial charge in [-0.2, -0.15) is 5.26 Å². The molecule has 5 aliphatic carbocycles. The Morgan fingerprint density at radius 2 is 1.75 bits per heavy atom. The number of hydrogen-bond donors (Lipinski definition) is 2. The molecule has 5 fully saturated rings. The summed E-state index contributed by atoms with van der Waals surface area (Å²) in [6.07, 6.45) is 8.94. The molecule has 28 heavy (non-hydrogen) atoms. The smallest absolute Gasteiger partial charge is 0.0747 e. The minimum atomic E-state index is -0.586. The van der Waals surface area contributed by atoms with E-state index in [1.165, 1.54) is 32.1 Å². The van der Waals surface area contributed by atoms with Crippen molar-refractivity contribution in [2.45, 2.75) is 97.6 Å². The van der Waals surface area contributed by atoms with E-state index in [0.29, 0.717) is 35.1 Å². The molecule has 0 bridgehead atoms. The van der Waals surface area contributed by atoms with Crippen molar-refractivity contribution in [3.05, 3.63) is 0 Å². The average molecular weight is 387 g/mol. The second-order valence-corrected chi connectivity index (χ2v) is 11.7. The molecule has 0 radical (unpaired) electrons. The van der Waals surface area contributed by atoms with Gasteiger partial charge < -0.3 is 10.8 Å². The van der Waals surface area contributed by atoms with E-state index >= 15 is 0 Å². The zero-order valence-electron chi connectivity index (χ0n) is 18.7. The number of rotatable bonds is 0. The first-order valence-electron chi connectivity index (χ1n) is 12.1. The molecule has 5 rings (SSSR count). The largest absolute Gasteiger partial charge is 0.389 e. The monoisotopic (exact) mass is 386 g/mol. The van der Waals surface area contributed by atoms with E-state index in [2.05, 4.69) is 40.7 Å². The van der Waals surface area contributed by atoms with E-state index in [1.807, 2.05) is 0 Å². The molecule has 3 nitrogen and oxygen atoms in total. The number of nitrogens with zero attached hydrogens (tertiary/aromatic N) is 1. The molecule has 0 heterocycles. The third kappa shape index (κ3) is 2.53. The number of hydrogen-bond acceptors (Lipinski definition) is 3. The summed E-state index contributed by atoms with van der Waals surface area (Å²) in [6, 6.07) is 2.81. The fraction of sp³-hybridized carbons (Fsp3) is 0.960. The van der Waals surface area contributed by atoms with E-state index in [0.717, 1.165) is 31.1 Å². The van der Waals surface area contributed by atoms with Crippen LogP contribution in [0, 0.1) is 63.6 Å². The lowest BCUT2D eigenvalue weighted by Gasteiger charge is -2.63. The van der Waals surface area contributed by atoms with Crippen LogP contribution in [-0.2, 0) is 0 Å². The zero-order valence-corrected chi connectivity index (χ0v) is 18.7. The Bertz CT molecular complexity index is 657. The highest BCUT2D eigenvalue weighted by molar-refractivity contribution is 5.24. The van der Waals surface area contributed by atoms with Gasteiger partial charge in [-0.15, -0.1) is 0 Å². The lowest BCUT2D eigenvalue weighted by atomic mass is 9.43. The average Bonchev–Trinajstić information content (AvgIpc) is 3.42. The normalized spacial score (nSPS) is 58.8. The van der Waals surface area contributed by atoms with Crippen LogP contribution in [0.1, 0.15) is 86.0 Å². The summed E-state index contributed by atoms with van der Waals surface area (Å²) in [5, 5.41) is 21.3. The van der Waals surface area contributed by atoms with Crippen molar-refractivity contribution in [1.29, 1.82) is 5.26 Å². The van der Waals surface area contributed by atoms with Crippen LogP contribution in [0.15, 0.2) is 0 Å². The van der Waals surface area contributed by atoms with Gasteiger partial charge in [0.25, 0.3) is 0 Å². The summed E-state index contributed by atoms with van der Waals surface area (Å²) in [6.45, 7) is 11.5. The summed E-state index contributed by atoms with van der Waals surface area (Å²) in [7, 11) is 0. The van der Waals surface area contributed by atoms with Crippen molar-refractivity contribution in [3.63, 3.8) is 0 Å². The van der Waals surface area contributed by atoms with Gasteiger partial charge in [0.15, 0.2) is 0 Å². The van der Waals surface area contributed by atoms with Crippen molar-refractivity contribution in [2.75, 3.05) is 0 Å². The van der Waals surface area contributed by atoms with Gasteiger partial charge in [-0.05, 0) is 91.3 Å². The van der Waals surface area contributed by atoms with Crippen LogP contribution in [0.3, 0.4) is 0 Å². The molecule has 0 amide bonds. The second-order valence-electron chi connectivity index (χ2n) is 11.7. The molecule has 0 aliphatic heterocycles. The standard InChI is InChI=1S/C22H34N2O.C3H8/c1-12-8-17-18-14-9-16(14)22(25)10-13(11-23)4-7-21(22,3)15(18)5-6-20(17,2)19(12)24;1-3-2/h12-19,25H,4-10,24H2,1-3H3;3H2,1-2H3. The van der Waals surface area contributed by atoms with Crippen LogP contribution in [0.5, 0.6) is 0 Å². The first-order valence-corrected chi connectivity index (χ1v) is 12.1. The van der Waals surface area contributed by atoms with E-state index in [9.17, 15) is 10.4 Å². The van der Waals surface area contributed by atoms with E-state index in [-0.39, 0.29) is 11.3 Å². The fourth-order valence-corrected chi connectivity index (χ4v) is 8.72. The number of nitrogens with two attached hydrogens (primary N) is 1. The quantitative estimate of drug-likeness (QED) is 0.606. The lowest BCUT2D eigenvalue weighted by molar-refractivity contribution is -0.214. The number of fused-ring (bicyclic) bond motifs is 8. The van der Waals surface area contributed by atoms with Crippen molar-refractivity contribution >= 4 is 0 Å². The van der Waals surface area contributed by atoms with E-state index in [1.54, 1.807) is 0 Å². The van der Waals surface area contributed by atoms with Crippen LogP contribution >= 0.6 is 0 Å². The fourth-order valence-electron chi connectivity index (χ4n) is 8.72. The highest BCUT2D eigenvalue weighted by Crippen LogP contribution is 2.76. The summed E-state index contributed by atoms with van der Waals surface area (Å²) in [4.78, 5) is 0. The van der Waals surface area contributed by atoms with Gasteiger partial charge in [0.2, 0.25) is 0 Å². The third-order valence-corrected chi connectivity index (χ3v) is 10.3. The first kappa shape index (κ1) is 20.7. The molecule has 3 heteroatoms. The SMILES string of the molecule is CC1CC2C3C4CC4C4(O)CC(C#N)CCC4(C)C3CCC2(C)C1N.CCC. The Kier molecular flexibility index (Phi) is 4.95. The maximum atomic E-state index is 11.8. The molecule has 0 spiro atoms. The van der Waals surface area contributed by atoms with Crippen LogP contribution in [0.2, 0.25) is 0 Å². The Balaban J connectivity index is 0.000000604. The molecule has 5 saturated carbocycles. The molecule has 0 saturated heterocycles. The van der Waals surface area contributed by atoms with Gasteiger partial charge in [-0.3, -0.25) is 0 Å². The molecule has 11 atom stereocenters. The summed E-state index contributed by atoms with van der Waals surface area (Å²) in [5.74, 6) is 3.99. The van der Waals surface area contributed by atoms with Crippen molar-refractivity contribution < 1.29 is 5.11 Å².